The summed E-state index contributed by atoms with van der Waals surface area (Å²) in [4.78, 5) is 20.8. The van der Waals surface area contributed by atoms with Crippen molar-refractivity contribution in [3.63, 3.8) is 0 Å². The molecule has 0 spiro atoms. The zero-order chi connectivity index (χ0) is 20.0. The molecule has 0 saturated heterocycles. The van der Waals surface area contributed by atoms with E-state index >= 15 is 0 Å². The molecule has 0 aliphatic heterocycles. The number of allylic oxidation sites excluding steroid dienone is 1. The zero-order valence-electron chi connectivity index (χ0n) is 14.6. The standard InChI is InChI=1S/C18H17ClN4O4/c1-12-7-3-5-9-14(12)20-18(21-15-10-6-4-8-13(15)2)16(22(24)25)11-17(19)23(26)27/h3-11,20-21H,1-2H3. The van der Waals surface area contributed by atoms with Gasteiger partial charge in [0.2, 0.25) is 0 Å². The summed E-state index contributed by atoms with van der Waals surface area (Å²) in [5.74, 6) is -0.0383. The molecule has 2 N–H and O–H groups in total. The van der Waals surface area contributed by atoms with Gasteiger partial charge < -0.3 is 10.6 Å². The summed E-state index contributed by atoms with van der Waals surface area (Å²) in [5, 5.41) is 27.5. The molecule has 2 aromatic rings. The van der Waals surface area contributed by atoms with Crippen molar-refractivity contribution >= 4 is 23.0 Å². The third kappa shape index (κ3) is 5.29. The molecule has 0 unspecified atom stereocenters. The second kappa shape index (κ2) is 8.81. The van der Waals surface area contributed by atoms with E-state index in [-0.39, 0.29) is 5.82 Å². The van der Waals surface area contributed by atoms with E-state index in [2.05, 4.69) is 10.6 Å². The maximum Gasteiger partial charge on any atom is 0.344 e. The number of anilines is 2. The highest BCUT2D eigenvalue weighted by molar-refractivity contribution is 6.28. The molecule has 0 saturated carbocycles. The fraction of sp³-hybridized carbons (Fsp3) is 0.111. The van der Waals surface area contributed by atoms with Crippen molar-refractivity contribution in [2.24, 2.45) is 0 Å². The summed E-state index contributed by atoms with van der Waals surface area (Å²) in [6.45, 7) is 3.67. The lowest BCUT2D eigenvalue weighted by molar-refractivity contribution is -0.428. The predicted molar refractivity (Wildman–Crippen MR) is 105 cm³/mol. The number of nitrogens with zero attached hydrogens (tertiary/aromatic N) is 2. The fourth-order valence-corrected chi connectivity index (χ4v) is 2.34. The largest absolute Gasteiger partial charge is 0.344 e. The Morgan fingerprint density at radius 1 is 0.889 bits per heavy atom. The lowest BCUT2D eigenvalue weighted by Gasteiger charge is -2.16. The summed E-state index contributed by atoms with van der Waals surface area (Å²) in [6.07, 6.45) is 0.702. The van der Waals surface area contributed by atoms with E-state index in [0.717, 1.165) is 11.1 Å². The Labute approximate surface area is 160 Å². The smallest absolute Gasteiger partial charge is 0.336 e. The molecular weight excluding hydrogens is 372 g/mol. The number of aryl methyl sites for hydroxylation is 2. The van der Waals surface area contributed by atoms with E-state index in [1.165, 1.54) is 0 Å². The zero-order valence-corrected chi connectivity index (χ0v) is 15.4. The highest BCUT2D eigenvalue weighted by atomic mass is 35.5. The van der Waals surface area contributed by atoms with Crippen LogP contribution in [0.2, 0.25) is 0 Å². The van der Waals surface area contributed by atoms with Gasteiger partial charge in [0.1, 0.15) is 6.08 Å². The topological polar surface area (TPSA) is 110 Å². The molecule has 140 valence electrons. The first-order valence-electron chi connectivity index (χ1n) is 7.85. The fourth-order valence-electron chi connectivity index (χ4n) is 2.24. The molecule has 2 aromatic carbocycles. The van der Waals surface area contributed by atoms with E-state index in [1.807, 2.05) is 38.1 Å². The van der Waals surface area contributed by atoms with Crippen LogP contribution >= 0.6 is 11.6 Å². The number of hydrogen-bond donors (Lipinski definition) is 2. The van der Waals surface area contributed by atoms with Crippen LogP contribution in [-0.4, -0.2) is 9.85 Å². The normalized spacial score (nSPS) is 10.9. The van der Waals surface area contributed by atoms with Crippen molar-refractivity contribution < 1.29 is 9.85 Å². The molecule has 0 atom stereocenters. The molecule has 0 fully saturated rings. The SMILES string of the molecule is Cc1ccccc1NC(Nc1ccccc1C)=C(C=C(Cl)[N+](=O)[O-])[N+](=O)[O-]. The van der Waals surface area contributed by atoms with Gasteiger partial charge in [-0.05, 0) is 48.7 Å². The highest BCUT2D eigenvalue weighted by Crippen LogP contribution is 2.23. The molecule has 0 aliphatic carbocycles. The minimum atomic E-state index is -0.899. The van der Waals surface area contributed by atoms with Gasteiger partial charge in [0.15, 0.2) is 5.82 Å². The molecule has 27 heavy (non-hydrogen) atoms. The van der Waals surface area contributed by atoms with Crippen LogP contribution in [0.3, 0.4) is 0 Å². The monoisotopic (exact) mass is 388 g/mol. The summed E-state index contributed by atoms with van der Waals surface area (Å²) >= 11 is 5.53. The lowest BCUT2D eigenvalue weighted by atomic mass is 10.2. The van der Waals surface area contributed by atoms with Gasteiger partial charge in [-0.3, -0.25) is 20.2 Å². The van der Waals surface area contributed by atoms with Crippen LogP contribution in [0.4, 0.5) is 11.4 Å². The first-order chi connectivity index (χ1) is 12.8. The van der Waals surface area contributed by atoms with Crippen LogP contribution in [-0.2, 0) is 0 Å². The summed E-state index contributed by atoms with van der Waals surface area (Å²) in [7, 11) is 0. The Morgan fingerprint density at radius 3 is 1.70 bits per heavy atom. The number of nitro groups is 2. The minimum absolute atomic E-state index is 0.0383. The van der Waals surface area contributed by atoms with Crippen molar-refractivity contribution in [2.75, 3.05) is 10.6 Å². The second-order valence-corrected chi connectivity index (χ2v) is 6.01. The third-order valence-corrected chi connectivity index (χ3v) is 3.94. The first kappa shape index (κ1) is 19.9. The summed E-state index contributed by atoms with van der Waals surface area (Å²) in [6, 6.07) is 14.3. The summed E-state index contributed by atoms with van der Waals surface area (Å²) < 4.78 is 0. The highest BCUT2D eigenvalue weighted by Gasteiger charge is 2.22. The van der Waals surface area contributed by atoms with Gasteiger partial charge in [0.25, 0.3) is 0 Å². The number of nitrogens with one attached hydrogen (secondary N) is 2. The lowest BCUT2D eigenvalue weighted by Crippen LogP contribution is -2.17. The van der Waals surface area contributed by atoms with Crippen molar-refractivity contribution in [1.29, 1.82) is 0 Å². The number of rotatable bonds is 7. The average Bonchev–Trinajstić information content (AvgIpc) is 2.62. The Bertz CT molecular complexity index is 891. The molecule has 2 rings (SSSR count). The Kier molecular flexibility index (Phi) is 6.51. The van der Waals surface area contributed by atoms with Crippen LogP contribution in [0, 0.1) is 34.1 Å². The van der Waals surface area contributed by atoms with E-state index < -0.39 is 20.7 Å². The molecule has 9 heteroatoms. The first-order valence-corrected chi connectivity index (χ1v) is 8.23. The Balaban J connectivity index is 2.60. The molecule has 8 nitrogen and oxygen atoms in total. The maximum atomic E-state index is 11.6. The van der Waals surface area contributed by atoms with E-state index in [4.69, 9.17) is 11.6 Å². The van der Waals surface area contributed by atoms with E-state index in [0.29, 0.717) is 17.5 Å². The van der Waals surface area contributed by atoms with Crippen molar-refractivity contribution in [2.45, 2.75) is 13.8 Å². The van der Waals surface area contributed by atoms with Crippen molar-refractivity contribution in [3.05, 3.63) is 103 Å². The van der Waals surface area contributed by atoms with Crippen LogP contribution in [0.25, 0.3) is 0 Å². The minimum Gasteiger partial charge on any atom is -0.336 e. The van der Waals surface area contributed by atoms with Gasteiger partial charge >= 0.3 is 10.9 Å². The van der Waals surface area contributed by atoms with Crippen molar-refractivity contribution in [3.8, 4) is 0 Å². The Hall–Kier alpha value is -3.39. The van der Waals surface area contributed by atoms with Gasteiger partial charge in [0, 0.05) is 11.4 Å². The number of benzene rings is 2. The average molecular weight is 389 g/mol. The molecule has 0 amide bonds. The van der Waals surface area contributed by atoms with Gasteiger partial charge in [0.05, 0.1) is 9.85 Å². The van der Waals surface area contributed by atoms with Crippen molar-refractivity contribution in [1.82, 2.24) is 0 Å². The van der Waals surface area contributed by atoms with Crippen LogP contribution in [0.1, 0.15) is 11.1 Å². The van der Waals surface area contributed by atoms with Gasteiger partial charge in [-0.2, -0.15) is 0 Å². The van der Waals surface area contributed by atoms with E-state index in [9.17, 15) is 20.2 Å². The van der Waals surface area contributed by atoms with Crippen LogP contribution < -0.4 is 10.6 Å². The predicted octanol–water partition coefficient (Wildman–Crippen LogP) is 4.63. The number of halogens is 1. The second-order valence-electron chi connectivity index (χ2n) is 5.62. The van der Waals surface area contributed by atoms with Crippen LogP contribution in [0.15, 0.2) is 71.3 Å². The third-order valence-electron chi connectivity index (χ3n) is 3.69. The number of para-hydroxylation sites is 2. The Morgan fingerprint density at radius 2 is 1.33 bits per heavy atom. The van der Waals surface area contributed by atoms with Gasteiger partial charge in [-0.1, -0.05) is 36.4 Å². The summed E-state index contributed by atoms with van der Waals surface area (Å²) in [5.41, 5.74) is 2.34. The molecule has 0 aromatic heterocycles. The van der Waals surface area contributed by atoms with Gasteiger partial charge in [-0.25, -0.2) is 0 Å². The molecule has 0 heterocycles. The molecular formula is C18H17ClN4O4. The number of hydrogen-bond acceptors (Lipinski definition) is 6. The quantitative estimate of drug-likeness (QED) is 0.309. The van der Waals surface area contributed by atoms with Crippen LogP contribution in [0.5, 0.6) is 0 Å². The van der Waals surface area contributed by atoms with E-state index in [1.54, 1.807) is 24.3 Å². The molecule has 0 radical (unpaired) electrons. The maximum absolute atomic E-state index is 11.6. The molecule has 0 aliphatic rings. The van der Waals surface area contributed by atoms with Gasteiger partial charge in [-0.15, -0.1) is 0 Å². The molecule has 0 bridgehead atoms.